The number of benzene rings is 2. The quantitative estimate of drug-likeness (QED) is 0.467. The molecule has 130 valence electrons. The van der Waals surface area contributed by atoms with E-state index in [0.29, 0.717) is 21.8 Å². The summed E-state index contributed by atoms with van der Waals surface area (Å²) in [6.45, 7) is 1.01. The van der Waals surface area contributed by atoms with Crippen LogP contribution < -0.4 is 5.32 Å². The number of hydrogen-bond acceptors (Lipinski definition) is 5. The lowest BCUT2D eigenvalue weighted by atomic mass is 10.1. The van der Waals surface area contributed by atoms with Crippen LogP contribution in [0.1, 0.15) is 27.6 Å². The first kappa shape index (κ1) is 19.0. The molecule has 5 nitrogen and oxygen atoms in total. The zero-order valence-corrected chi connectivity index (χ0v) is 15.2. The van der Waals surface area contributed by atoms with E-state index >= 15 is 0 Å². The number of halogens is 1. The molecule has 7 heteroatoms. The van der Waals surface area contributed by atoms with Crippen molar-refractivity contribution in [3.8, 4) is 0 Å². The summed E-state index contributed by atoms with van der Waals surface area (Å²) in [5, 5.41) is 3.19. The van der Waals surface area contributed by atoms with E-state index in [4.69, 9.17) is 16.3 Å². The molecule has 0 radical (unpaired) electrons. The van der Waals surface area contributed by atoms with Gasteiger partial charge in [-0.2, -0.15) is 0 Å². The average Bonchev–Trinajstić information content (AvgIpc) is 2.59. The molecule has 2 aromatic carbocycles. The summed E-state index contributed by atoms with van der Waals surface area (Å²) >= 11 is 7.21. The Balaban J connectivity index is 2.06. The lowest BCUT2D eigenvalue weighted by Gasteiger charge is -2.10. The second-order valence-electron chi connectivity index (χ2n) is 5.10. The fourth-order valence-corrected chi connectivity index (χ4v) is 2.71. The highest BCUT2D eigenvalue weighted by molar-refractivity contribution is 7.98. The SMILES string of the molecule is CSc1ccc(C(=O)COC(=O)c2ccc(Cl)cc2)cc1NC(C)=O. The van der Waals surface area contributed by atoms with Gasteiger partial charge in [0.1, 0.15) is 0 Å². The highest BCUT2D eigenvalue weighted by Gasteiger charge is 2.14. The van der Waals surface area contributed by atoms with Crippen molar-refractivity contribution in [2.24, 2.45) is 0 Å². The number of carbonyl (C=O) groups excluding carboxylic acids is 3. The molecule has 0 saturated heterocycles. The number of rotatable bonds is 6. The summed E-state index contributed by atoms with van der Waals surface area (Å²) in [5.74, 6) is -1.19. The van der Waals surface area contributed by atoms with E-state index in [9.17, 15) is 14.4 Å². The van der Waals surface area contributed by atoms with Crippen molar-refractivity contribution < 1.29 is 19.1 Å². The van der Waals surface area contributed by atoms with Gasteiger partial charge < -0.3 is 10.1 Å². The minimum absolute atomic E-state index is 0.228. The van der Waals surface area contributed by atoms with Crippen molar-refractivity contribution in [2.45, 2.75) is 11.8 Å². The second kappa shape index (κ2) is 8.69. The van der Waals surface area contributed by atoms with Crippen molar-refractivity contribution >= 4 is 46.7 Å². The maximum Gasteiger partial charge on any atom is 0.338 e. The molecule has 0 bridgehead atoms. The predicted molar refractivity (Wildman–Crippen MR) is 98.6 cm³/mol. The van der Waals surface area contributed by atoms with Crippen LogP contribution in [0.3, 0.4) is 0 Å². The van der Waals surface area contributed by atoms with Crippen LogP contribution >= 0.6 is 23.4 Å². The molecule has 1 N–H and O–H groups in total. The molecule has 0 saturated carbocycles. The number of esters is 1. The van der Waals surface area contributed by atoms with E-state index in [2.05, 4.69) is 5.32 Å². The minimum atomic E-state index is -0.604. The third-order valence-corrected chi connectivity index (χ3v) is 4.29. The molecule has 0 spiro atoms. The summed E-state index contributed by atoms with van der Waals surface area (Å²) in [7, 11) is 0. The van der Waals surface area contributed by atoms with Crippen LogP contribution in [0.15, 0.2) is 47.4 Å². The first-order valence-electron chi connectivity index (χ1n) is 7.32. The fourth-order valence-electron chi connectivity index (χ4n) is 2.05. The van der Waals surface area contributed by atoms with E-state index < -0.39 is 5.97 Å². The van der Waals surface area contributed by atoms with Gasteiger partial charge in [0.25, 0.3) is 0 Å². The van der Waals surface area contributed by atoms with Gasteiger partial charge in [0.05, 0.1) is 11.3 Å². The number of ketones is 1. The number of hydrogen-bond donors (Lipinski definition) is 1. The summed E-state index contributed by atoms with van der Waals surface area (Å²) in [6.07, 6.45) is 1.87. The average molecular weight is 378 g/mol. The molecular formula is C18H16ClNO4S. The predicted octanol–water partition coefficient (Wildman–Crippen LogP) is 4.06. The van der Waals surface area contributed by atoms with Crippen molar-refractivity contribution in [2.75, 3.05) is 18.2 Å². The van der Waals surface area contributed by atoms with Gasteiger partial charge in [-0.15, -0.1) is 11.8 Å². The normalized spacial score (nSPS) is 10.2. The molecule has 1 amide bonds. The zero-order valence-electron chi connectivity index (χ0n) is 13.7. The van der Waals surface area contributed by atoms with Gasteiger partial charge >= 0.3 is 5.97 Å². The third-order valence-electron chi connectivity index (χ3n) is 3.25. The van der Waals surface area contributed by atoms with Gasteiger partial charge in [-0.05, 0) is 42.7 Å². The summed E-state index contributed by atoms with van der Waals surface area (Å²) in [5.41, 5.74) is 1.22. The summed E-state index contributed by atoms with van der Waals surface area (Å²) in [6, 6.07) is 11.1. The van der Waals surface area contributed by atoms with Crippen molar-refractivity contribution in [3.05, 3.63) is 58.6 Å². The van der Waals surface area contributed by atoms with Crippen molar-refractivity contribution in [1.29, 1.82) is 0 Å². The number of Topliss-reactive ketones (excluding diaryl/α,β-unsaturated/α-hetero) is 1. The maximum atomic E-state index is 12.3. The smallest absolute Gasteiger partial charge is 0.338 e. The monoisotopic (exact) mass is 377 g/mol. The molecule has 2 aromatic rings. The molecule has 25 heavy (non-hydrogen) atoms. The summed E-state index contributed by atoms with van der Waals surface area (Å²) < 4.78 is 5.04. The van der Waals surface area contributed by atoms with E-state index in [1.165, 1.54) is 30.8 Å². The van der Waals surface area contributed by atoms with Gasteiger partial charge in [-0.25, -0.2) is 4.79 Å². The Morgan fingerprint density at radius 1 is 1.08 bits per heavy atom. The van der Waals surface area contributed by atoms with Gasteiger partial charge in [-0.1, -0.05) is 17.7 Å². The Morgan fingerprint density at radius 3 is 2.32 bits per heavy atom. The molecule has 0 atom stereocenters. The Hall–Kier alpha value is -2.31. The molecule has 0 aromatic heterocycles. The van der Waals surface area contributed by atoms with Crippen LogP contribution in [-0.2, 0) is 9.53 Å². The second-order valence-corrected chi connectivity index (χ2v) is 6.39. The van der Waals surface area contributed by atoms with Crippen LogP contribution in [0.4, 0.5) is 5.69 Å². The first-order chi connectivity index (χ1) is 11.9. The molecular weight excluding hydrogens is 362 g/mol. The third kappa shape index (κ3) is 5.34. The number of ether oxygens (including phenoxy) is 1. The molecule has 2 rings (SSSR count). The van der Waals surface area contributed by atoms with Crippen LogP contribution in [0.25, 0.3) is 0 Å². The highest BCUT2D eigenvalue weighted by Crippen LogP contribution is 2.26. The van der Waals surface area contributed by atoms with E-state index in [0.717, 1.165) is 4.90 Å². The maximum absolute atomic E-state index is 12.3. The molecule has 0 aliphatic carbocycles. The molecule has 0 aliphatic rings. The fraction of sp³-hybridized carbons (Fsp3) is 0.167. The van der Waals surface area contributed by atoms with Crippen LogP contribution in [0, 0.1) is 0 Å². The Labute approximate surface area is 154 Å². The number of amides is 1. The number of nitrogens with one attached hydrogen (secondary N) is 1. The molecule has 0 unspecified atom stereocenters. The lowest BCUT2D eigenvalue weighted by molar-refractivity contribution is -0.114. The largest absolute Gasteiger partial charge is 0.454 e. The van der Waals surface area contributed by atoms with Crippen molar-refractivity contribution in [3.63, 3.8) is 0 Å². The summed E-state index contributed by atoms with van der Waals surface area (Å²) in [4.78, 5) is 36.3. The standard InChI is InChI=1S/C18H16ClNO4S/c1-11(21)20-15-9-13(5-8-17(15)25-2)16(22)10-24-18(23)12-3-6-14(19)7-4-12/h3-9H,10H2,1-2H3,(H,20,21). The zero-order chi connectivity index (χ0) is 18.4. The Morgan fingerprint density at radius 2 is 1.72 bits per heavy atom. The van der Waals surface area contributed by atoms with E-state index in [1.54, 1.807) is 30.3 Å². The van der Waals surface area contributed by atoms with Crippen LogP contribution in [0.2, 0.25) is 5.02 Å². The number of thioether (sulfide) groups is 1. The van der Waals surface area contributed by atoms with Crippen molar-refractivity contribution in [1.82, 2.24) is 0 Å². The molecule has 0 aliphatic heterocycles. The van der Waals surface area contributed by atoms with E-state index in [-0.39, 0.29) is 18.3 Å². The van der Waals surface area contributed by atoms with Gasteiger partial charge in [-0.3, -0.25) is 9.59 Å². The topological polar surface area (TPSA) is 72.5 Å². The van der Waals surface area contributed by atoms with Crippen LogP contribution in [-0.4, -0.2) is 30.5 Å². The molecule has 0 heterocycles. The number of carbonyl (C=O) groups is 3. The molecule has 0 fully saturated rings. The minimum Gasteiger partial charge on any atom is -0.454 e. The highest BCUT2D eigenvalue weighted by atomic mass is 35.5. The van der Waals surface area contributed by atoms with Gasteiger partial charge in [0, 0.05) is 22.4 Å². The number of anilines is 1. The Bertz CT molecular complexity index is 805. The van der Waals surface area contributed by atoms with E-state index in [1.807, 2.05) is 6.26 Å². The van der Waals surface area contributed by atoms with Crippen LogP contribution in [0.5, 0.6) is 0 Å². The van der Waals surface area contributed by atoms with Gasteiger partial charge in [0.15, 0.2) is 12.4 Å². The first-order valence-corrected chi connectivity index (χ1v) is 8.92. The van der Waals surface area contributed by atoms with Gasteiger partial charge in [0.2, 0.25) is 5.91 Å². The lowest BCUT2D eigenvalue weighted by Crippen LogP contribution is -2.15. The Kier molecular flexibility index (Phi) is 6.61.